The summed E-state index contributed by atoms with van der Waals surface area (Å²) in [5.74, 6) is -0.0269. The molecule has 3 aliphatic heterocycles. The minimum atomic E-state index is -0.333. The van der Waals surface area contributed by atoms with E-state index in [1.54, 1.807) is 11.0 Å². The van der Waals surface area contributed by atoms with Crippen molar-refractivity contribution in [3.8, 4) is 0 Å². The summed E-state index contributed by atoms with van der Waals surface area (Å²) in [6.45, 7) is 4.48. The van der Waals surface area contributed by atoms with Crippen molar-refractivity contribution in [3.63, 3.8) is 0 Å². The topological polar surface area (TPSA) is 76.7 Å². The molecule has 0 aliphatic carbocycles. The smallest absolute Gasteiger partial charge is 0.247 e. The molecule has 28 heavy (non-hydrogen) atoms. The van der Waals surface area contributed by atoms with Gasteiger partial charge in [0.15, 0.2) is 0 Å². The van der Waals surface area contributed by atoms with Gasteiger partial charge in [-0.25, -0.2) is 5.43 Å². The number of rotatable bonds is 4. The second-order valence-corrected chi connectivity index (χ2v) is 7.92. The Kier molecular flexibility index (Phi) is 5.37. The van der Waals surface area contributed by atoms with Crippen LogP contribution in [0.25, 0.3) is 0 Å². The molecule has 0 radical (unpaired) electrons. The molecular weight excluding hydrogens is 354 g/mol. The van der Waals surface area contributed by atoms with Crippen LogP contribution < -0.4 is 16.1 Å². The van der Waals surface area contributed by atoms with E-state index in [9.17, 15) is 9.59 Å². The standard InChI is InChI=1S/C21H29N5O2/c1-14(15-6-4-3-5-7-15)25(2)21(28)17-13-23-26-18(12-19(27)24-20(17)26)16-8-10-22-11-9-16/h3-7,12,14,16-17,20,22-23H,8-11,13H2,1-2H3,(H,24,27)/t14-,17?,20?/m0/s1. The molecule has 0 bridgehead atoms. The van der Waals surface area contributed by atoms with Gasteiger partial charge in [-0.15, -0.1) is 0 Å². The molecule has 0 aromatic heterocycles. The second kappa shape index (κ2) is 7.93. The van der Waals surface area contributed by atoms with Gasteiger partial charge in [0, 0.05) is 31.3 Å². The SMILES string of the molecule is C[C@@H](c1ccccc1)N(C)C(=O)C1CNN2C(C3CCNCC3)=CC(=O)NC12. The van der Waals surface area contributed by atoms with Gasteiger partial charge >= 0.3 is 0 Å². The molecular formula is C21H29N5O2. The van der Waals surface area contributed by atoms with E-state index in [-0.39, 0.29) is 29.9 Å². The maximum Gasteiger partial charge on any atom is 0.247 e. The number of nitrogens with one attached hydrogen (secondary N) is 3. The van der Waals surface area contributed by atoms with Gasteiger partial charge in [-0.2, -0.15) is 0 Å². The number of hydrogen-bond donors (Lipinski definition) is 3. The zero-order valence-corrected chi connectivity index (χ0v) is 16.5. The Morgan fingerprint density at radius 1 is 1.21 bits per heavy atom. The number of fused-ring (bicyclic) bond motifs is 1. The van der Waals surface area contributed by atoms with Crippen LogP contribution in [-0.2, 0) is 9.59 Å². The molecule has 3 heterocycles. The highest BCUT2D eigenvalue weighted by molar-refractivity contribution is 5.90. The van der Waals surface area contributed by atoms with Crippen LogP contribution >= 0.6 is 0 Å². The van der Waals surface area contributed by atoms with Crippen molar-refractivity contribution in [2.45, 2.75) is 32.0 Å². The van der Waals surface area contributed by atoms with Crippen LogP contribution in [0.3, 0.4) is 0 Å². The Balaban J connectivity index is 1.50. The first kappa shape index (κ1) is 19.0. The van der Waals surface area contributed by atoms with E-state index in [2.05, 4.69) is 16.1 Å². The average Bonchev–Trinajstić information content (AvgIpc) is 3.16. The maximum atomic E-state index is 13.3. The predicted octanol–water partition coefficient (Wildman–Crippen LogP) is 0.982. The van der Waals surface area contributed by atoms with Crippen LogP contribution in [0.2, 0.25) is 0 Å². The van der Waals surface area contributed by atoms with Crippen molar-refractivity contribution < 1.29 is 9.59 Å². The third-order valence-electron chi connectivity index (χ3n) is 6.27. The van der Waals surface area contributed by atoms with E-state index in [0.717, 1.165) is 37.2 Å². The van der Waals surface area contributed by atoms with Gasteiger partial charge < -0.3 is 15.5 Å². The second-order valence-electron chi connectivity index (χ2n) is 7.92. The molecule has 3 atom stereocenters. The minimum absolute atomic E-state index is 0.0264. The van der Waals surface area contributed by atoms with Crippen molar-refractivity contribution in [3.05, 3.63) is 47.7 Å². The Morgan fingerprint density at radius 2 is 1.93 bits per heavy atom. The highest BCUT2D eigenvalue weighted by Crippen LogP contribution is 2.32. The fourth-order valence-electron chi connectivity index (χ4n) is 4.46. The molecule has 0 spiro atoms. The van der Waals surface area contributed by atoms with Crippen LogP contribution in [0.1, 0.15) is 31.4 Å². The minimum Gasteiger partial charge on any atom is -0.339 e. The Bertz CT molecular complexity index is 759. The first-order valence-corrected chi connectivity index (χ1v) is 10.1. The first-order chi connectivity index (χ1) is 13.6. The van der Waals surface area contributed by atoms with Gasteiger partial charge in [0.1, 0.15) is 6.17 Å². The number of carbonyl (C=O) groups is 2. The Labute approximate surface area is 166 Å². The fraction of sp³-hybridized carbons (Fsp3) is 0.524. The normalized spacial score (nSPS) is 26.3. The summed E-state index contributed by atoms with van der Waals surface area (Å²) in [6, 6.07) is 9.99. The monoisotopic (exact) mass is 383 g/mol. The molecule has 2 fully saturated rings. The van der Waals surface area contributed by atoms with Crippen molar-refractivity contribution >= 4 is 11.8 Å². The lowest BCUT2D eigenvalue weighted by Gasteiger charge is -2.39. The Morgan fingerprint density at radius 3 is 2.64 bits per heavy atom. The van der Waals surface area contributed by atoms with Crippen LogP contribution in [0.15, 0.2) is 42.1 Å². The van der Waals surface area contributed by atoms with Crippen LogP contribution in [0.5, 0.6) is 0 Å². The first-order valence-electron chi connectivity index (χ1n) is 10.1. The molecule has 1 aromatic rings. The number of amides is 2. The molecule has 3 aliphatic rings. The summed E-state index contributed by atoms with van der Waals surface area (Å²) >= 11 is 0. The molecule has 3 N–H and O–H groups in total. The van der Waals surface area contributed by atoms with Gasteiger partial charge in [0.05, 0.1) is 12.0 Å². The molecule has 150 valence electrons. The average molecular weight is 383 g/mol. The van der Waals surface area contributed by atoms with E-state index >= 15 is 0 Å². The van der Waals surface area contributed by atoms with E-state index < -0.39 is 0 Å². The number of hydrazine groups is 1. The van der Waals surface area contributed by atoms with Crippen molar-refractivity contribution in [1.29, 1.82) is 0 Å². The zero-order chi connectivity index (χ0) is 19.7. The number of hydrogen-bond acceptors (Lipinski definition) is 5. The van der Waals surface area contributed by atoms with E-state index in [4.69, 9.17) is 0 Å². The van der Waals surface area contributed by atoms with Crippen molar-refractivity contribution in [2.24, 2.45) is 11.8 Å². The molecule has 2 amide bonds. The fourth-order valence-corrected chi connectivity index (χ4v) is 4.46. The predicted molar refractivity (Wildman–Crippen MR) is 107 cm³/mol. The summed E-state index contributed by atoms with van der Waals surface area (Å²) in [5.41, 5.74) is 5.49. The van der Waals surface area contributed by atoms with Gasteiger partial charge in [-0.1, -0.05) is 30.3 Å². The summed E-state index contributed by atoms with van der Waals surface area (Å²) in [4.78, 5) is 27.4. The molecule has 7 nitrogen and oxygen atoms in total. The van der Waals surface area contributed by atoms with Crippen LogP contribution in [0.4, 0.5) is 0 Å². The van der Waals surface area contributed by atoms with Crippen LogP contribution in [0, 0.1) is 11.8 Å². The largest absolute Gasteiger partial charge is 0.339 e. The summed E-state index contributed by atoms with van der Waals surface area (Å²) < 4.78 is 0. The summed E-state index contributed by atoms with van der Waals surface area (Å²) in [5, 5.41) is 8.39. The van der Waals surface area contributed by atoms with E-state index in [1.807, 2.05) is 49.3 Å². The molecule has 1 aromatic carbocycles. The lowest BCUT2D eigenvalue weighted by atomic mass is 9.92. The lowest BCUT2D eigenvalue weighted by molar-refractivity contribution is -0.137. The molecule has 0 saturated carbocycles. The zero-order valence-electron chi connectivity index (χ0n) is 16.5. The Hall–Kier alpha value is -2.38. The maximum absolute atomic E-state index is 13.3. The van der Waals surface area contributed by atoms with Gasteiger partial charge in [0.25, 0.3) is 0 Å². The van der Waals surface area contributed by atoms with Crippen molar-refractivity contribution in [2.75, 3.05) is 26.7 Å². The highest BCUT2D eigenvalue weighted by atomic mass is 16.2. The summed E-state index contributed by atoms with van der Waals surface area (Å²) in [6.07, 6.45) is 3.38. The third-order valence-corrected chi connectivity index (χ3v) is 6.27. The number of carbonyl (C=O) groups excluding carboxylic acids is 2. The number of benzene rings is 1. The molecule has 2 unspecified atom stereocenters. The molecule has 7 heteroatoms. The number of allylic oxidation sites excluding steroid dienone is 1. The van der Waals surface area contributed by atoms with E-state index in [1.165, 1.54) is 0 Å². The van der Waals surface area contributed by atoms with E-state index in [0.29, 0.717) is 12.5 Å². The third kappa shape index (κ3) is 3.52. The quantitative estimate of drug-likeness (QED) is 0.723. The number of piperidine rings is 1. The molecule has 2 saturated heterocycles. The lowest BCUT2D eigenvalue weighted by Crippen LogP contribution is -2.56. The summed E-state index contributed by atoms with van der Waals surface area (Å²) in [7, 11) is 1.84. The molecule has 4 rings (SSSR count). The van der Waals surface area contributed by atoms with Crippen LogP contribution in [-0.4, -0.2) is 54.6 Å². The van der Waals surface area contributed by atoms with Gasteiger partial charge in [-0.05, 0) is 38.4 Å². The number of nitrogens with zero attached hydrogens (tertiary/aromatic N) is 2. The highest BCUT2D eigenvalue weighted by Gasteiger charge is 2.45. The van der Waals surface area contributed by atoms with Crippen molar-refractivity contribution in [1.82, 2.24) is 26.0 Å². The van der Waals surface area contributed by atoms with Gasteiger partial charge in [0.2, 0.25) is 11.8 Å². The van der Waals surface area contributed by atoms with Gasteiger partial charge in [-0.3, -0.25) is 14.6 Å².